The maximum absolute atomic E-state index is 12.6. The molecule has 0 spiro atoms. The fourth-order valence-electron chi connectivity index (χ4n) is 3.85. The molecule has 0 saturated heterocycles. The Kier molecular flexibility index (Phi) is 7.97. The second kappa shape index (κ2) is 10.7. The van der Waals surface area contributed by atoms with Crippen molar-refractivity contribution in [2.75, 3.05) is 19.7 Å². The van der Waals surface area contributed by atoms with Gasteiger partial charge in [-0.05, 0) is 48.4 Å². The molecule has 1 aliphatic heterocycles. The Morgan fingerprint density at radius 2 is 1.88 bits per heavy atom. The van der Waals surface area contributed by atoms with Crippen LogP contribution in [0.5, 0.6) is 11.5 Å². The first-order chi connectivity index (χ1) is 15.6. The fraction of sp³-hybridized carbons (Fsp3) is 0.462. The number of carbonyl (C=O) groups is 2. The molecule has 2 aromatic carbocycles. The van der Waals surface area contributed by atoms with Crippen molar-refractivity contribution in [3.63, 3.8) is 0 Å². The van der Waals surface area contributed by atoms with E-state index in [1.807, 2.05) is 17.0 Å². The number of nitrogens with one attached hydrogen (secondary N) is 1. The molecule has 33 heavy (non-hydrogen) atoms. The summed E-state index contributed by atoms with van der Waals surface area (Å²) in [7, 11) is 0. The number of carboxylic acid groups (broad SMARTS) is 1. The maximum atomic E-state index is 12.6. The lowest BCUT2D eigenvalue weighted by Crippen LogP contribution is -2.37. The lowest BCUT2D eigenvalue weighted by Gasteiger charge is -2.25. The van der Waals surface area contributed by atoms with Gasteiger partial charge in [-0.15, -0.1) is 0 Å². The van der Waals surface area contributed by atoms with Gasteiger partial charge in [0.05, 0.1) is 18.7 Å². The molecule has 2 aromatic rings. The Hall–Kier alpha value is -3.06. The van der Waals surface area contributed by atoms with Crippen molar-refractivity contribution in [3.05, 3.63) is 58.7 Å². The van der Waals surface area contributed by atoms with Crippen LogP contribution >= 0.6 is 0 Å². The first-order valence-corrected chi connectivity index (χ1v) is 11.4. The van der Waals surface area contributed by atoms with Gasteiger partial charge in [0.1, 0.15) is 11.5 Å². The molecule has 7 nitrogen and oxygen atoms in total. The van der Waals surface area contributed by atoms with Crippen molar-refractivity contribution in [3.8, 4) is 11.5 Å². The van der Waals surface area contributed by atoms with Crippen LogP contribution in [0.25, 0.3) is 0 Å². The number of hydrogen-bond acceptors (Lipinski definition) is 5. The van der Waals surface area contributed by atoms with Crippen molar-refractivity contribution in [2.24, 2.45) is 0 Å². The number of phenolic OH excluding ortho intramolecular Hbond substituents is 1. The summed E-state index contributed by atoms with van der Waals surface area (Å²) in [4.78, 5) is 26.0. The summed E-state index contributed by atoms with van der Waals surface area (Å²) >= 11 is 0. The molecule has 0 unspecified atom stereocenters. The van der Waals surface area contributed by atoms with Crippen molar-refractivity contribution in [1.82, 2.24) is 10.2 Å². The van der Waals surface area contributed by atoms with E-state index in [1.54, 1.807) is 24.3 Å². The quantitative estimate of drug-likeness (QED) is 0.647. The third-order valence-electron chi connectivity index (χ3n) is 5.82. The second-order valence-corrected chi connectivity index (χ2v) is 9.63. The van der Waals surface area contributed by atoms with Crippen LogP contribution in [0.15, 0.2) is 36.4 Å². The molecule has 178 valence electrons. The van der Waals surface area contributed by atoms with E-state index in [2.05, 4.69) is 26.1 Å². The van der Waals surface area contributed by atoms with E-state index in [9.17, 15) is 19.8 Å². The molecule has 0 radical (unpaired) electrons. The zero-order valence-corrected chi connectivity index (χ0v) is 19.7. The molecule has 0 saturated carbocycles. The normalized spacial score (nSPS) is 16.4. The summed E-state index contributed by atoms with van der Waals surface area (Å²) in [5.41, 5.74) is 2.73. The highest BCUT2D eigenvalue weighted by molar-refractivity contribution is 5.88. The minimum atomic E-state index is -1.01. The Morgan fingerprint density at radius 3 is 2.61 bits per heavy atom. The van der Waals surface area contributed by atoms with Gasteiger partial charge in [0.2, 0.25) is 5.91 Å². The van der Waals surface area contributed by atoms with Gasteiger partial charge in [-0.2, -0.15) is 0 Å². The molecule has 0 bridgehead atoms. The van der Waals surface area contributed by atoms with Crippen LogP contribution in [0.4, 0.5) is 0 Å². The smallest absolute Gasteiger partial charge is 0.335 e. The van der Waals surface area contributed by atoms with Crippen LogP contribution < -0.4 is 10.1 Å². The van der Waals surface area contributed by atoms with Crippen molar-refractivity contribution >= 4 is 11.9 Å². The molecule has 7 heteroatoms. The zero-order valence-electron chi connectivity index (χ0n) is 19.7. The predicted octanol–water partition coefficient (Wildman–Crippen LogP) is 4.07. The van der Waals surface area contributed by atoms with Crippen LogP contribution in [0.1, 0.15) is 67.1 Å². The Bertz CT molecular complexity index is 997. The first kappa shape index (κ1) is 24.6. The van der Waals surface area contributed by atoms with Gasteiger partial charge in [0, 0.05) is 30.8 Å². The number of aromatic carboxylic acids is 1. The van der Waals surface area contributed by atoms with Gasteiger partial charge in [-0.25, -0.2) is 4.79 Å². The van der Waals surface area contributed by atoms with Gasteiger partial charge in [-0.1, -0.05) is 39.0 Å². The third-order valence-corrected chi connectivity index (χ3v) is 5.82. The summed E-state index contributed by atoms with van der Waals surface area (Å²) in [6.07, 6.45) is 2.58. The van der Waals surface area contributed by atoms with E-state index >= 15 is 0 Å². The summed E-state index contributed by atoms with van der Waals surface area (Å²) in [5.74, 6) is -0.383. The molecule has 0 fully saturated rings. The Morgan fingerprint density at radius 1 is 1.09 bits per heavy atom. The molecule has 0 aliphatic carbocycles. The predicted molar refractivity (Wildman–Crippen MR) is 127 cm³/mol. The van der Waals surface area contributed by atoms with Crippen LogP contribution in [0.3, 0.4) is 0 Å². The molecule has 3 N–H and O–H groups in total. The van der Waals surface area contributed by atoms with Gasteiger partial charge < -0.3 is 20.3 Å². The van der Waals surface area contributed by atoms with Crippen LogP contribution in [0, 0.1) is 0 Å². The van der Waals surface area contributed by atoms with Gasteiger partial charge in [0.25, 0.3) is 0 Å². The minimum absolute atomic E-state index is 0.0758. The van der Waals surface area contributed by atoms with E-state index in [4.69, 9.17) is 4.74 Å². The summed E-state index contributed by atoms with van der Waals surface area (Å²) in [6.45, 7) is 8.33. The molecule has 0 aromatic heterocycles. The van der Waals surface area contributed by atoms with E-state index in [0.29, 0.717) is 32.0 Å². The first-order valence-electron chi connectivity index (χ1n) is 11.4. The number of rotatable bonds is 3. The van der Waals surface area contributed by atoms with Crippen LogP contribution in [0.2, 0.25) is 0 Å². The standard InChI is InChI=1S/C26H34N2O5/c1-26(2,3)21-9-10-22(29)20(13-21)16-28-15-19-8-7-18(25(31)32)14-23(19)33-12-6-4-5-11-27-24(30)17-28/h7-10,13-14,29H,4-6,11-12,15-17H2,1-3H3,(H,27,30)(H,31,32). The van der Waals surface area contributed by atoms with Gasteiger partial charge in [-0.3, -0.25) is 9.69 Å². The van der Waals surface area contributed by atoms with Gasteiger partial charge >= 0.3 is 5.97 Å². The lowest BCUT2D eigenvalue weighted by atomic mass is 9.86. The number of nitrogens with zero attached hydrogens (tertiary/aromatic N) is 1. The number of aromatic hydroxyl groups is 1. The zero-order chi connectivity index (χ0) is 24.0. The number of ether oxygens (including phenoxy) is 1. The Labute approximate surface area is 195 Å². The van der Waals surface area contributed by atoms with Crippen molar-refractivity contribution in [2.45, 2.75) is 58.5 Å². The molecule has 1 heterocycles. The SMILES string of the molecule is CC(C)(C)c1ccc(O)c(CN2CC(=O)NCCCCCOc3cc(C(=O)O)ccc3C2)c1. The summed E-state index contributed by atoms with van der Waals surface area (Å²) < 4.78 is 5.96. The number of benzene rings is 2. The van der Waals surface area contributed by atoms with Gasteiger partial charge in [0.15, 0.2) is 0 Å². The highest BCUT2D eigenvalue weighted by Crippen LogP contribution is 2.29. The summed E-state index contributed by atoms with van der Waals surface area (Å²) in [6, 6.07) is 10.5. The molecule has 1 aliphatic rings. The topological polar surface area (TPSA) is 99.1 Å². The number of carboxylic acids is 1. The number of carbonyl (C=O) groups excluding carboxylic acids is 1. The average molecular weight is 455 g/mol. The van der Waals surface area contributed by atoms with Crippen LogP contribution in [-0.2, 0) is 23.3 Å². The monoisotopic (exact) mass is 454 g/mol. The number of phenols is 1. The molecule has 3 rings (SSSR count). The lowest BCUT2D eigenvalue weighted by molar-refractivity contribution is -0.122. The molecular formula is C26H34N2O5. The van der Waals surface area contributed by atoms with Crippen molar-refractivity contribution in [1.29, 1.82) is 0 Å². The highest BCUT2D eigenvalue weighted by atomic mass is 16.5. The number of hydrogen-bond donors (Lipinski definition) is 3. The minimum Gasteiger partial charge on any atom is -0.508 e. The van der Waals surface area contributed by atoms with E-state index in [-0.39, 0.29) is 29.2 Å². The summed E-state index contributed by atoms with van der Waals surface area (Å²) in [5, 5.41) is 22.9. The third kappa shape index (κ3) is 6.96. The molecular weight excluding hydrogens is 420 g/mol. The maximum Gasteiger partial charge on any atom is 0.335 e. The number of fused-ring (bicyclic) bond motifs is 1. The van der Waals surface area contributed by atoms with Crippen LogP contribution in [-0.4, -0.2) is 46.7 Å². The van der Waals surface area contributed by atoms with E-state index in [1.165, 1.54) is 0 Å². The average Bonchev–Trinajstić information content (AvgIpc) is 2.75. The second-order valence-electron chi connectivity index (χ2n) is 9.63. The fourth-order valence-corrected chi connectivity index (χ4v) is 3.85. The van der Waals surface area contributed by atoms with E-state index in [0.717, 1.165) is 36.0 Å². The molecule has 0 atom stereocenters. The Balaban J connectivity index is 1.94. The van der Waals surface area contributed by atoms with E-state index < -0.39 is 5.97 Å². The largest absolute Gasteiger partial charge is 0.508 e. The van der Waals surface area contributed by atoms with Crippen molar-refractivity contribution < 1.29 is 24.5 Å². The highest BCUT2D eigenvalue weighted by Gasteiger charge is 2.20. The molecule has 1 amide bonds. The number of amides is 1.